The van der Waals surface area contributed by atoms with Crippen molar-refractivity contribution in [2.45, 2.75) is 26.7 Å². The van der Waals surface area contributed by atoms with Crippen molar-refractivity contribution in [2.75, 3.05) is 23.7 Å². The average Bonchev–Trinajstić information content (AvgIpc) is 2.62. The second kappa shape index (κ2) is 6.87. The van der Waals surface area contributed by atoms with Gasteiger partial charge < -0.3 is 10.6 Å². The molecule has 2 N–H and O–H groups in total. The summed E-state index contributed by atoms with van der Waals surface area (Å²) in [5, 5.41) is 6.55. The molecule has 0 aromatic heterocycles. The quantitative estimate of drug-likeness (QED) is 0.717. The summed E-state index contributed by atoms with van der Waals surface area (Å²) in [4.78, 5) is 26.1. The van der Waals surface area contributed by atoms with E-state index in [9.17, 15) is 9.59 Å². The fourth-order valence-corrected chi connectivity index (χ4v) is 3.06. The molecule has 0 unspecified atom stereocenters. The second-order valence-electron chi connectivity index (χ2n) is 5.97. The lowest BCUT2D eigenvalue weighted by Crippen LogP contribution is -2.24. The number of nitrogens with one attached hydrogen (secondary N) is 2. The smallest absolute Gasteiger partial charge is 0.198 e. The first-order valence-electron chi connectivity index (χ1n) is 8.52. The van der Waals surface area contributed by atoms with Gasteiger partial charge in [0.2, 0.25) is 0 Å². The minimum atomic E-state index is -0.0852. The van der Waals surface area contributed by atoms with Crippen molar-refractivity contribution in [1.82, 2.24) is 0 Å². The summed E-state index contributed by atoms with van der Waals surface area (Å²) in [6, 6.07) is 10.9. The maximum absolute atomic E-state index is 13.2. The molecule has 0 amide bonds. The van der Waals surface area contributed by atoms with Crippen LogP contribution >= 0.6 is 0 Å². The van der Waals surface area contributed by atoms with Crippen LogP contribution in [0.4, 0.5) is 11.4 Å². The van der Waals surface area contributed by atoms with Crippen LogP contribution in [0.5, 0.6) is 0 Å². The highest BCUT2D eigenvalue weighted by molar-refractivity contribution is 6.31. The van der Waals surface area contributed by atoms with Crippen LogP contribution in [-0.2, 0) is 0 Å². The molecule has 24 heavy (non-hydrogen) atoms. The highest BCUT2D eigenvalue weighted by Gasteiger charge is 2.33. The molecule has 0 saturated heterocycles. The van der Waals surface area contributed by atoms with Crippen LogP contribution in [0.25, 0.3) is 0 Å². The van der Waals surface area contributed by atoms with Crippen molar-refractivity contribution in [2.24, 2.45) is 0 Å². The number of carbonyl (C=O) groups is 2. The Kier molecular flexibility index (Phi) is 4.65. The van der Waals surface area contributed by atoms with Crippen LogP contribution in [0.15, 0.2) is 36.4 Å². The molecule has 124 valence electrons. The molecular weight excluding hydrogens is 300 g/mol. The Morgan fingerprint density at radius 1 is 0.708 bits per heavy atom. The van der Waals surface area contributed by atoms with Crippen molar-refractivity contribution in [3.8, 4) is 0 Å². The van der Waals surface area contributed by atoms with Crippen LogP contribution in [0, 0.1) is 0 Å². The number of rotatable bonds is 6. The van der Waals surface area contributed by atoms with Gasteiger partial charge in [0.05, 0.1) is 11.1 Å². The van der Waals surface area contributed by atoms with E-state index in [2.05, 4.69) is 24.5 Å². The fraction of sp³-hybridized carbons (Fsp3) is 0.300. The maximum atomic E-state index is 13.2. The molecule has 0 saturated carbocycles. The summed E-state index contributed by atoms with van der Waals surface area (Å²) in [6.07, 6.45) is 1.90. The first-order chi connectivity index (χ1) is 11.7. The van der Waals surface area contributed by atoms with Crippen molar-refractivity contribution in [3.05, 3.63) is 58.7 Å². The van der Waals surface area contributed by atoms with Gasteiger partial charge in [-0.2, -0.15) is 0 Å². The third-order valence-electron chi connectivity index (χ3n) is 4.20. The monoisotopic (exact) mass is 322 g/mol. The van der Waals surface area contributed by atoms with E-state index in [-0.39, 0.29) is 11.6 Å². The zero-order chi connectivity index (χ0) is 17.1. The highest BCUT2D eigenvalue weighted by atomic mass is 16.1. The third-order valence-corrected chi connectivity index (χ3v) is 4.20. The lowest BCUT2D eigenvalue weighted by molar-refractivity contribution is 0.0980. The van der Waals surface area contributed by atoms with Crippen molar-refractivity contribution in [1.29, 1.82) is 0 Å². The van der Waals surface area contributed by atoms with Gasteiger partial charge in [-0.25, -0.2) is 0 Å². The van der Waals surface area contributed by atoms with Crippen molar-refractivity contribution < 1.29 is 9.59 Å². The number of hydrogen-bond acceptors (Lipinski definition) is 4. The Balaban J connectivity index is 2.13. The lowest BCUT2D eigenvalue weighted by Gasteiger charge is -2.23. The molecule has 2 aromatic rings. The van der Waals surface area contributed by atoms with Crippen LogP contribution < -0.4 is 10.6 Å². The second-order valence-corrected chi connectivity index (χ2v) is 5.97. The number of benzene rings is 2. The van der Waals surface area contributed by atoms with E-state index >= 15 is 0 Å². The van der Waals surface area contributed by atoms with E-state index in [1.807, 2.05) is 24.3 Å². The van der Waals surface area contributed by atoms with Gasteiger partial charge in [0.1, 0.15) is 0 Å². The minimum Gasteiger partial charge on any atom is -0.384 e. The Hall–Kier alpha value is -2.62. The van der Waals surface area contributed by atoms with E-state index in [0.29, 0.717) is 22.3 Å². The Morgan fingerprint density at radius 3 is 1.58 bits per heavy atom. The summed E-state index contributed by atoms with van der Waals surface area (Å²) >= 11 is 0. The summed E-state index contributed by atoms with van der Waals surface area (Å²) in [5.41, 5.74) is 3.44. The molecule has 0 spiro atoms. The van der Waals surface area contributed by atoms with Gasteiger partial charge >= 0.3 is 0 Å². The van der Waals surface area contributed by atoms with Gasteiger partial charge in [-0.15, -0.1) is 0 Å². The topological polar surface area (TPSA) is 58.2 Å². The van der Waals surface area contributed by atoms with Gasteiger partial charge in [0.25, 0.3) is 0 Å². The zero-order valence-electron chi connectivity index (χ0n) is 14.1. The van der Waals surface area contributed by atoms with Crippen LogP contribution in [0.3, 0.4) is 0 Å². The van der Waals surface area contributed by atoms with Gasteiger partial charge in [0.15, 0.2) is 11.6 Å². The minimum absolute atomic E-state index is 0.0834. The molecular formula is C20H22N2O2. The highest BCUT2D eigenvalue weighted by Crippen LogP contribution is 2.35. The van der Waals surface area contributed by atoms with Crippen LogP contribution in [0.1, 0.15) is 58.5 Å². The molecule has 0 aliphatic heterocycles. The van der Waals surface area contributed by atoms with E-state index in [4.69, 9.17) is 0 Å². The zero-order valence-corrected chi connectivity index (χ0v) is 14.1. The lowest BCUT2D eigenvalue weighted by atomic mass is 9.82. The third kappa shape index (κ3) is 2.68. The molecule has 0 heterocycles. The molecule has 0 radical (unpaired) electrons. The van der Waals surface area contributed by atoms with E-state index in [1.165, 1.54) is 0 Å². The van der Waals surface area contributed by atoms with Gasteiger partial charge in [-0.1, -0.05) is 38.1 Å². The fourth-order valence-electron chi connectivity index (χ4n) is 3.06. The summed E-state index contributed by atoms with van der Waals surface area (Å²) in [6.45, 7) is 5.66. The van der Waals surface area contributed by atoms with Gasteiger partial charge in [-0.3, -0.25) is 9.59 Å². The number of carbonyl (C=O) groups excluding carboxylic acids is 2. The first kappa shape index (κ1) is 16.2. The maximum Gasteiger partial charge on any atom is 0.198 e. The van der Waals surface area contributed by atoms with E-state index in [0.717, 1.165) is 37.3 Å². The van der Waals surface area contributed by atoms with E-state index in [1.54, 1.807) is 12.1 Å². The molecule has 2 aromatic carbocycles. The Labute approximate surface area is 142 Å². The standard InChI is InChI=1S/C20H22N2O2/c1-3-11-21-15-9-5-7-13-17(15)20(24)18-14(19(13)23)8-6-10-16(18)22-12-4-2/h5-10,21-22H,3-4,11-12H2,1-2H3. The van der Waals surface area contributed by atoms with Crippen molar-refractivity contribution >= 4 is 22.9 Å². The molecule has 1 aliphatic rings. The number of anilines is 2. The predicted molar refractivity (Wildman–Crippen MR) is 97.3 cm³/mol. The molecule has 1 aliphatic carbocycles. The van der Waals surface area contributed by atoms with Crippen LogP contribution in [-0.4, -0.2) is 24.7 Å². The normalized spacial score (nSPS) is 12.6. The predicted octanol–water partition coefficient (Wildman–Crippen LogP) is 4.11. The molecule has 4 heteroatoms. The van der Waals surface area contributed by atoms with Gasteiger partial charge in [-0.05, 0) is 25.0 Å². The number of ketones is 2. The number of hydrogen-bond donors (Lipinski definition) is 2. The van der Waals surface area contributed by atoms with Crippen molar-refractivity contribution in [3.63, 3.8) is 0 Å². The molecule has 0 atom stereocenters. The molecule has 4 nitrogen and oxygen atoms in total. The van der Waals surface area contributed by atoms with E-state index < -0.39 is 0 Å². The first-order valence-corrected chi connectivity index (χ1v) is 8.52. The van der Waals surface area contributed by atoms with Gasteiger partial charge in [0, 0.05) is 35.6 Å². The van der Waals surface area contributed by atoms with Crippen LogP contribution in [0.2, 0.25) is 0 Å². The SMILES string of the molecule is CCCNc1cccc2c1C(=O)c1c(NCCC)cccc1C2=O. The Bertz CT molecular complexity index is 733. The Morgan fingerprint density at radius 2 is 1.17 bits per heavy atom. The average molecular weight is 322 g/mol. The summed E-state index contributed by atoms with van der Waals surface area (Å²) in [5.74, 6) is -0.169. The summed E-state index contributed by atoms with van der Waals surface area (Å²) in [7, 11) is 0. The molecule has 0 bridgehead atoms. The number of fused-ring (bicyclic) bond motifs is 2. The largest absolute Gasteiger partial charge is 0.384 e. The molecule has 3 rings (SSSR count). The summed E-state index contributed by atoms with van der Waals surface area (Å²) < 4.78 is 0. The molecule has 0 fully saturated rings.